The fraction of sp³-hybridized carbons (Fsp3) is 0.200. The summed E-state index contributed by atoms with van der Waals surface area (Å²) in [6, 6.07) is 5.53. The molecule has 2 rings (SSSR count). The first-order chi connectivity index (χ1) is 7.15. The van der Waals surface area contributed by atoms with Crippen LogP contribution in [0, 0.1) is 5.82 Å². The van der Waals surface area contributed by atoms with Crippen LogP contribution in [0.15, 0.2) is 24.3 Å². The van der Waals surface area contributed by atoms with Crippen LogP contribution in [-0.2, 0) is 11.3 Å². The number of rotatable bonds is 2. The molecule has 78 valence electrons. The summed E-state index contributed by atoms with van der Waals surface area (Å²) in [6.45, 7) is 0.282. The molecule has 0 atom stereocenters. The summed E-state index contributed by atoms with van der Waals surface area (Å²) in [7, 11) is 0. The number of hydrogen-bond acceptors (Lipinski definition) is 2. The van der Waals surface area contributed by atoms with E-state index in [9.17, 15) is 14.0 Å². The average Bonchev–Trinajstić information content (AvgIpc) is 2.45. The molecule has 1 N–H and O–H groups in total. The van der Waals surface area contributed by atoms with Gasteiger partial charge in [-0.3, -0.25) is 10.1 Å². The first-order valence-electron chi connectivity index (χ1n) is 4.48. The lowest BCUT2D eigenvalue weighted by atomic mass is 10.2. The highest BCUT2D eigenvalue weighted by molar-refractivity contribution is 6.01. The highest BCUT2D eigenvalue weighted by Gasteiger charge is 2.26. The van der Waals surface area contributed by atoms with Gasteiger partial charge in [0.1, 0.15) is 12.4 Å². The number of carbonyl (C=O) groups excluding carboxylic acids is 2. The van der Waals surface area contributed by atoms with Gasteiger partial charge in [-0.15, -0.1) is 0 Å². The number of urea groups is 1. The van der Waals surface area contributed by atoms with Crippen LogP contribution in [-0.4, -0.2) is 23.4 Å². The van der Waals surface area contributed by atoms with E-state index in [-0.39, 0.29) is 24.8 Å². The maximum atomic E-state index is 12.8. The number of amides is 3. The van der Waals surface area contributed by atoms with Crippen LogP contribution in [0.4, 0.5) is 9.18 Å². The minimum absolute atomic E-state index is 0.0371. The van der Waals surface area contributed by atoms with Crippen LogP contribution in [0.25, 0.3) is 0 Å². The number of carbonyl (C=O) groups is 2. The normalized spacial score (nSPS) is 15.7. The average molecular weight is 208 g/mol. The molecule has 0 radical (unpaired) electrons. The summed E-state index contributed by atoms with van der Waals surface area (Å²) >= 11 is 0. The molecule has 1 aliphatic heterocycles. The Morgan fingerprint density at radius 3 is 2.80 bits per heavy atom. The molecule has 0 aromatic heterocycles. The number of halogens is 1. The van der Waals surface area contributed by atoms with Gasteiger partial charge in [0, 0.05) is 6.54 Å². The summed E-state index contributed by atoms with van der Waals surface area (Å²) in [5, 5.41) is 2.16. The lowest BCUT2D eigenvalue weighted by Gasteiger charge is -2.12. The van der Waals surface area contributed by atoms with Gasteiger partial charge in [0.05, 0.1) is 0 Å². The molecule has 1 fully saturated rings. The molecule has 0 saturated carbocycles. The second kappa shape index (κ2) is 3.68. The van der Waals surface area contributed by atoms with Crippen molar-refractivity contribution < 1.29 is 14.0 Å². The van der Waals surface area contributed by atoms with Gasteiger partial charge < -0.3 is 4.90 Å². The number of imide groups is 1. The van der Waals surface area contributed by atoms with E-state index in [1.165, 1.54) is 17.0 Å². The van der Waals surface area contributed by atoms with Gasteiger partial charge in [-0.1, -0.05) is 12.1 Å². The van der Waals surface area contributed by atoms with Crippen LogP contribution in [0.5, 0.6) is 0 Å². The van der Waals surface area contributed by atoms with E-state index in [0.717, 1.165) is 0 Å². The smallest absolute Gasteiger partial charge is 0.311 e. The van der Waals surface area contributed by atoms with Crippen molar-refractivity contribution in [3.63, 3.8) is 0 Å². The summed E-state index contributed by atoms with van der Waals surface area (Å²) < 4.78 is 12.8. The summed E-state index contributed by atoms with van der Waals surface area (Å²) in [6.07, 6.45) is 0. The molecule has 15 heavy (non-hydrogen) atoms. The Bertz CT molecular complexity index is 420. The zero-order chi connectivity index (χ0) is 10.8. The van der Waals surface area contributed by atoms with Gasteiger partial charge in [0.2, 0.25) is 5.91 Å². The Hall–Kier alpha value is -1.91. The van der Waals surface area contributed by atoms with Gasteiger partial charge >= 0.3 is 6.03 Å². The van der Waals surface area contributed by atoms with E-state index < -0.39 is 6.03 Å². The lowest BCUT2D eigenvalue weighted by Crippen LogP contribution is -2.27. The largest absolute Gasteiger partial charge is 0.324 e. The first kappa shape index (κ1) is 9.64. The zero-order valence-electron chi connectivity index (χ0n) is 7.87. The highest BCUT2D eigenvalue weighted by Crippen LogP contribution is 2.09. The third-order valence-electron chi connectivity index (χ3n) is 2.13. The quantitative estimate of drug-likeness (QED) is 0.733. The van der Waals surface area contributed by atoms with Crippen molar-refractivity contribution in [1.29, 1.82) is 0 Å². The van der Waals surface area contributed by atoms with Gasteiger partial charge in [-0.2, -0.15) is 0 Å². The molecule has 1 aliphatic rings. The zero-order valence-corrected chi connectivity index (χ0v) is 7.87. The van der Waals surface area contributed by atoms with Crippen LogP contribution in [0.2, 0.25) is 0 Å². The van der Waals surface area contributed by atoms with E-state index >= 15 is 0 Å². The van der Waals surface area contributed by atoms with Crippen molar-refractivity contribution in [3.8, 4) is 0 Å². The minimum Gasteiger partial charge on any atom is -0.311 e. The van der Waals surface area contributed by atoms with Crippen LogP contribution in [0.3, 0.4) is 0 Å². The van der Waals surface area contributed by atoms with Crippen LogP contribution < -0.4 is 5.32 Å². The van der Waals surface area contributed by atoms with Gasteiger partial charge in [0.25, 0.3) is 0 Å². The minimum atomic E-state index is -0.427. The molecular weight excluding hydrogens is 199 g/mol. The Morgan fingerprint density at radius 1 is 1.40 bits per heavy atom. The number of nitrogens with zero attached hydrogens (tertiary/aromatic N) is 1. The molecule has 5 heteroatoms. The van der Waals surface area contributed by atoms with Crippen molar-refractivity contribution >= 4 is 11.9 Å². The second-order valence-corrected chi connectivity index (χ2v) is 3.34. The number of hydrogen-bond donors (Lipinski definition) is 1. The van der Waals surface area contributed by atoms with Crippen molar-refractivity contribution in [1.82, 2.24) is 10.2 Å². The number of nitrogens with one attached hydrogen (secondary N) is 1. The maximum Gasteiger partial charge on any atom is 0.324 e. The molecule has 3 amide bonds. The molecule has 0 unspecified atom stereocenters. The van der Waals surface area contributed by atoms with E-state index in [2.05, 4.69) is 5.32 Å². The standard InChI is InChI=1S/C10H9FN2O2/c11-8-3-1-2-7(4-8)5-13-6-9(14)12-10(13)15/h1-4H,5-6H2,(H,12,14,15). The highest BCUT2D eigenvalue weighted by atomic mass is 19.1. The van der Waals surface area contributed by atoms with Crippen LogP contribution in [0.1, 0.15) is 5.56 Å². The molecule has 1 aromatic rings. The Labute approximate surface area is 85.7 Å². The first-order valence-corrected chi connectivity index (χ1v) is 4.48. The van der Waals surface area contributed by atoms with Gasteiger partial charge in [-0.05, 0) is 17.7 Å². The maximum absolute atomic E-state index is 12.8. The van der Waals surface area contributed by atoms with Crippen molar-refractivity contribution in [2.75, 3.05) is 6.54 Å². The van der Waals surface area contributed by atoms with Crippen molar-refractivity contribution in [2.24, 2.45) is 0 Å². The topological polar surface area (TPSA) is 49.4 Å². The fourth-order valence-electron chi connectivity index (χ4n) is 1.47. The predicted octanol–water partition coefficient (Wildman–Crippen LogP) is 0.878. The molecular formula is C10H9FN2O2. The van der Waals surface area contributed by atoms with Crippen LogP contribution >= 0.6 is 0 Å². The molecule has 0 spiro atoms. The SMILES string of the molecule is O=C1CN(Cc2cccc(F)c2)C(=O)N1. The monoisotopic (exact) mass is 208 g/mol. The second-order valence-electron chi connectivity index (χ2n) is 3.34. The third kappa shape index (κ3) is 2.12. The van der Waals surface area contributed by atoms with E-state index in [0.29, 0.717) is 5.56 Å². The Balaban J connectivity index is 2.09. The molecule has 1 saturated heterocycles. The summed E-state index contributed by atoms with van der Waals surface area (Å²) in [5.74, 6) is -0.671. The lowest BCUT2D eigenvalue weighted by molar-refractivity contribution is -0.118. The summed E-state index contributed by atoms with van der Waals surface area (Å²) in [5.41, 5.74) is 0.667. The Morgan fingerprint density at radius 2 is 2.20 bits per heavy atom. The molecule has 0 bridgehead atoms. The molecule has 4 nitrogen and oxygen atoms in total. The van der Waals surface area contributed by atoms with E-state index in [1.807, 2.05) is 0 Å². The number of benzene rings is 1. The molecule has 0 aliphatic carbocycles. The van der Waals surface area contributed by atoms with Crippen molar-refractivity contribution in [2.45, 2.75) is 6.54 Å². The van der Waals surface area contributed by atoms with Gasteiger partial charge in [0.15, 0.2) is 0 Å². The molecule has 1 heterocycles. The molecule has 1 aromatic carbocycles. The third-order valence-corrected chi connectivity index (χ3v) is 2.13. The van der Waals surface area contributed by atoms with Crippen molar-refractivity contribution in [3.05, 3.63) is 35.6 Å². The summed E-state index contributed by atoms with van der Waals surface area (Å²) in [4.78, 5) is 23.4. The fourth-order valence-corrected chi connectivity index (χ4v) is 1.47. The Kier molecular flexibility index (Phi) is 2.37. The van der Waals surface area contributed by atoms with Gasteiger partial charge in [-0.25, -0.2) is 9.18 Å². The van der Waals surface area contributed by atoms with E-state index in [1.54, 1.807) is 12.1 Å². The van der Waals surface area contributed by atoms with E-state index in [4.69, 9.17) is 0 Å². The predicted molar refractivity (Wildman–Crippen MR) is 50.3 cm³/mol.